The lowest BCUT2D eigenvalue weighted by Gasteiger charge is -2.32. The lowest BCUT2D eigenvalue weighted by atomic mass is 10.0. The first-order valence-corrected chi connectivity index (χ1v) is 8.88. The van der Waals surface area contributed by atoms with Crippen molar-refractivity contribution in [2.24, 2.45) is 0 Å². The van der Waals surface area contributed by atoms with Crippen LogP contribution >= 0.6 is 12.4 Å². The number of halogens is 3. The quantitative estimate of drug-likeness (QED) is 0.851. The fourth-order valence-electron chi connectivity index (χ4n) is 3.72. The largest absolute Gasteiger partial charge is 0.487 e. The minimum absolute atomic E-state index is 0. The Bertz CT molecular complexity index is 763. The zero-order valence-corrected chi connectivity index (χ0v) is 15.3. The van der Waals surface area contributed by atoms with Crippen LogP contribution in [0.25, 0.3) is 0 Å². The molecule has 2 aliphatic heterocycles. The van der Waals surface area contributed by atoms with Gasteiger partial charge in [-0.1, -0.05) is 18.2 Å². The molecule has 0 spiro atoms. The normalized spacial score (nSPS) is 17.3. The van der Waals surface area contributed by atoms with Crippen molar-refractivity contribution in [2.45, 2.75) is 31.9 Å². The lowest BCUT2D eigenvalue weighted by Crippen LogP contribution is -2.38. The molecular formula is C20H23ClF2N2O. The minimum atomic E-state index is -0.631. The lowest BCUT2D eigenvalue weighted by molar-refractivity contribution is 0.0935. The summed E-state index contributed by atoms with van der Waals surface area (Å²) in [5, 5.41) is 3.49. The van der Waals surface area contributed by atoms with E-state index in [1.807, 2.05) is 0 Å². The van der Waals surface area contributed by atoms with Crippen LogP contribution in [0.4, 0.5) is 14.5 Å². The Morgan fingerprint density at radius 1 is 1.12 bits per heavy atom. The second kappa shape index (κ2) is 8.23. The number of hydrogen-bond donors (Lipinski definition) is 1. The second-order valence-corrected chi connectivity index (χ2v) is 6.80. The van der Waals surface area contributed by atoms with E-state index in [2.05, 4.69) is 28.4 Å². The predicted molar refractivity (Wildman–Crippen MR) is 101 cm³/mol. The van der Waals surface area contributed by atoms with Crippen LogP contribution in [-0.4, -0.2) is 30.6 Å². The summed E-state index contributed by atoms with van der Waals surface area (Å²) < 4.78 is 32.4. The molecule has 0 radical (unpaired) electrons. The summed E-state index contributed by atoms with van der Waals surface area (Å²) >= 11 is 0. The van der Waals surface area contributed by atoms with E-state index in [0.29, 0.717) is 0 Å². The Labute approximate surface area is 158 Å². The Morgan fingerprint density at radius 3 is 2.69 bits per heavy atom. The number of rotatable bonds is 4. The van der Waals surface area contributed by atoms with E-state index >= 15 is 0 Å². The first-order chi connectivity index (χ1) is 12.2. The fourth-order valence-corrected chi connectivity index (χ4v) is 3.72. The standard InChI is InChI=1S/C20H22F2N2O.ClH/c21-16-4-5-19(18(22)12-16)25-17-7-10-24(11-8-17)13-15-3-1-2-14-6-9-23-20(14)15;/h1-5,12,17,23H,6-11,13H2;1H. The van der Waals surface area contributed by atoms with E-state index in [1.54, 1.807) is 0 Å². The van der Waals surface area contributed by atoms with Crippen molar-refractivity contribution >= 4 is 18.1 Å². The smallest absolute Gasteiger partial charge is 0.167 e. The topological polar surface area (TPSA) is 24.5 Å². The van der Waals surface area contributed by atoms with Gasteiger partial charge in [0.1, 0.15) is 11.9 Å². The van der Waals surface area contributed by atoms with Gasteiger partial charge in [0.2, 0.25) is 0 Å². The highest BCUT2D eigenvalue weighted by Gasteiger charge is 2.23. The molecule has 1 saturated heterocycles. The maximum Gasteiger partial charge on any atom is 0.167 e. The van der Waals surface area contributed by atoms with Gasteiger partial charge in [-0.2, -0.15) is 0 Å². The number of nitrogens with zero attached hydrogens (tertiary/aromatic N) is 1. The van der Waals surface area contributed by atoms with E-state index in [4.69, 9.17) is 4.74 Å². The molecule has 0 aromatic heterocycles. The van der Waals surface area contributed by atoms with Gasteiger partial charge in [-0.3, -0.25) is 4.90 Å². The molecule has 0 bridgehead atoms. The summed E-state index contributed by atoms with van der Waals surface area (Å²) in [6.07, 6.45) is 2.77. The van der Waals surface area contributed by atoms with Gasteiger partial charge in [0.15, 0.2) is 11.6 Å². The average Bonchev–Trinajstić information content (AvgIpc) is 3.09. The van der Waals surface area contributed by atoms with Crippen molar-refractivity contribution in [3.63, 3.8) is 0 Å². The Hall–Kier alpha value is -1.85. The number of hydrogen-bond acceptors (Lipinski definition) is 3. The van der Waals surface area contributed by atoms with Gasteiger partial charge in [-0.25, -0.2) is 8.78 Å². The number of benzene rings is 2. The summed E-state index contributed by atoms with van der Waals surface area (Å²) in [5.74, 6) is -1.07. The minimum Gasteiger partial charge on any atom is -0.487 e. The highest BCUT2D eigenvalue weighted by Crippen LogP contribution is 2.29. The summed E-state index contributed by atoms with van der Waals surface area (Å²) in [7, 11) is 0. The van der Waals surface area contributed by atoms with Crippen LogP contribution in [0, 0.1) is 11.6 Å². The van der Waals surface area contributed by atoms with Crippen molar-refractivity contribution in [3.8, 4) is 5.75 Å². The van der Waals surface area contributed by atoms with E-state index in [1.165, 1.54) is 28.9 Å². The molecule has 1 fully saturated rings. The van der Waals surface area contributed by atoms with Crippen LogP contribution in [0.2, 0.25) is 0 Å². The molecule has 4 rings (SSSR count). The van der Waals surface area contributed by atoms with Crippen molar-refractivity contribution in [2.75, 3.05) is 25.0 Å². The third-order valence-electron chi connectivity index (χ3n) is 5.05. The van der Waals surface area contributed by atoms with Crippen LogP contribution in [0.15, 0.2) is 36.4 Å². The zero-order valence-electron chi connectivity index (χ0n) is 14.5. The predicted octanol–water partition coefficient (Wildman–Crippen LogP) is 4.40. The number of anilines is 1. The van der Waals surface area contributed by atoms with Crippen molar-refractivity contribution < 1.29 is 13.5 Å². The van der Waals surface area contributed by atoms with E-state index in [-0.39, 0.29) is 24.3 Å². The SMILES string of the molecule is Cl.Fc1ccc(OC2CCN(Cc3cccc4c3NCC4)CC2)c(F)c1. The summed E-state index contributed by atoms with van der Waals surface area (Å²) in [6, 6.07) is 9.98. The van der Waals surface area contributed by atoms with Crippen molar-refractivity contribution in [1.82, 2.24) is 4.90 Å². The third kappa shape index (κ3) is 4.10. The van der Waals surface area contributed by atoms with Gasteiger partial charge >= 0.3 is 0 Å². The van der Waals surface area contributed by atoms with Gasteiger partial charge in [-0.05, 0) is 42.5 Å². The molecule has 6 heteroatoms. The molecule has 2 aromatic carbocycles. The molecular weight excluding hydrogens is 358 g/mol. The van der Waals surface area contributed by atoms with E-state index in [9.17, 15) is 8.78 Å². The molecule has 2 aliphatic rings. The first kappa shape index (κ1) is 18.9. The molecule has 0 saturated carbocycles. The molecule has 3 nitrogen and oxygen atoms in total. The molecule has 140 valence electrons. The van der Waals surface area contributed by atoms with E-state index < -0.39 is 11.6 Å². The second-order valence-electron chi connectivity index (χ2n) is 6.80. The van der Waals surface area contributed by atoms with Crippen LogP contribution in [0.5, 0.6) is 5.75 Å². The molecule has 0 aliphatic carbocycles. The van der Waals surface area contributed by atoms with Crippen LogP contribution in [0.3, 0.4) is 0 Å². The highest BCUT2D eigenvalue weighted by atomic mass is 35.5. The molecule has 2 aromatic rings. The van der Waals surface area contributed by atoms with Crippen LogP contribution in [-0.2, 0) is 13.0 Å². The number of fused-ring (bicyclic) bond motifs is 1. The average molecular weight is 381 g/mol. The number of para-hydroxylation sites is 1. The summed E-state index contributed by atoms with van der Waals surface area (Å²) in [6.45, 7) is 3.77. The van der Waals surface area contributed by atoms with Gasteiger partial charge in [-0.15, -0.1) is 12.4 Å². The van der Waals surface area contributed by atoms with Gasteiger partial charge in [0.05, 0.1) is 0 Å². The number of ether oxygens (including phenoxy) is 1. The number of nitrogens with one attached hydrogen (secondary N) is 1. The van der Waals surface area contributed by atoms with Gasteiger partial charge in [0, 0.05) is 37.9 Å². The zero-order chi connectivity index (χ0) is 17.2. The molecule has 0 amide bonds. The summed E-state index contributed by atoms with van der Waals surface area (Å²) in [5.41, 5.74) is 4.05. The van der Waals surface area contributed by atoms with Gasteiger partial charge < -0.3 is 10.1 Å². The monoisotopic (exact) mass is 380 g/mol. The van der Waals surface area contributed by atoms with Crippen molar-refractivity contribution in [3.05, 3.63) is 59.2 Å². The summed E-state index contributed by atoms with van der Waals surface area (Å²) in [4.78, 5) is 2.41. The Morgan fingerprint density at radius 2 is 1.92 bits per heavy atom. The molecule has 0 unspecified atom stereocenters. The first-order valence-electron chi connectivity index (χ1n) is 8.88. The molecule has 0 atom stereocenters. The fraction of sp³-hybridized carbons (Fsp3) is 0.400. The van der Waals surface area contributed by atoms with Gasteiger partial charge in [0.25, 0.3) is 0 Å². The third-order valence-corrected chi connectivity index (χ3v) is 5.05. The molecule has 2 heterocycles. The van der Waals surface area contributed by atoms with Crippen LogP contribution < -0.4 is 10.1 Å². The Balaban J connectivity index is 0.00000196. The maximum atomic E-state index is 13.7. The van der Waals surface area contributed by atoms with E-state index in [0.717, 1.165) is 51.5 Å². The Kier molecular flexibility index (Phi) is 5.99. The number of likely N-dealkylation sites (tertiary alicyclic amines) is 1. The number of piperidine rings is 1. The highest BCUT2D eigenvalue weighted by molar-refractivity contribution is 5.85. The van der Waals surface area contributed by atoms with Crippen LogP contribution in [0.1, 0.15) is 24.0 Å². The molecule has 1 N–H and O–H groups in total. The van der Waals surface area contributed by atoms with Crippen molar-refractivity contribution in [1.29, 1.82) is 0 Å². The maximum absolute atomic E-state index is 13.7. The molecule has 26 heavy (non-hydrogen) atoms.